The standard InChI is InChI=1S/C16H17N3O3/c1-10-7-11(19(2)18-10)8-15(20)17-13-9-22-14-6-4-3-5-12(14)16(13)21/h3-7,13H,8-9H2,1-2H3,(H,17,20). The van der Waals surface area contributed by atoms with Crippen LogP contribution in [0.25, 0.3) is 0 Å². The smallest absolute Gasteiger partial charge is 0.226 e. The second-order valence-electron chi connectivity index (χ2n) is 5.37. The molecular weight excluding hydrogens is 282 g/mol. The summed E-state index contributed by atoms with van der Waals surface area (Å²) < 4.78 is 7.20. The SMILES string of the molecule is Cc1cc(CC(=O)NC2COc3ccccc3C2=O)n(C)n1. The fraction of sp³-hybridized carbons (Fsp3) is 0.312. The van der Waals surface area contributed by atoms with Gasteiger partial charge in [0.05, 0.1) is 17.7 Å². The number of nitrogens with one attached hydrogen (secondary N) is 1. The van der Waals surface area contributed by atoms with Crippen molar-refractivity contribution in [3.05, 3.63) is 47.3 Å². The Bertz CT molecular complexity index is 736. The van der Waals surface area contributed by atoms with Crippen molar-refractivity contribution in [1.29, 1.82) is 0 Å². The van der Waals surface area contributed by atoms with E-state index in [4.69, 9.17) is 4.74 Å². The van der Waals surface area contributed by atoms with Crippen molar-refractivity contribution in [2.45, 2.75) is 19.4 Å². The lowest BCUT2D eigenvalue weighted by atomic mass is 10.0. The van der Waals surface area contributed by atoms with Crippen molar-refractivity contribution in [3.63, 3.8) is 0 Å². The number of fused-ring (bicyclic) bond motifs is 1. The van der Waals surface area contributed by atoms with Gasteiger partial charge in [-0.1, -0.05) is 12.1 Å². The summed E-state index contributed by atoms with van der Waals surface area (Å²) in [6.45, 7) is 2.03. The zero-order valence-corrected chi connectivity index (χ0v) is 12.5. The fourth-order valence-electron chi connectivity index (χ4n) is 2.58. The minimum Gasteiger partial charge on any atom is -0.490 e. The van der Waals surface area contributed by atoms with E-state index in [9.17, 15) is 9.59 Å². The van der Waals surface area contributed by atoms with Gasteiger partial charge in [0.2, 0.25) is 5.91 Å². The molecule has 1 amide bonds. The lowest BCUT2D eigenvalue weighted by molar-refractivity contribution is -0.121. The lowest BCUT2D eigenvalue weighted by Gasteiger charge is -2.24. The summed E-state index contributed by atoms with van der Waals surface area (Å²) >= 11 is 0. The normalized spacial score (nSPS) is 16.8. The number of carbonyl (C=O) groups is 2. The zero-order valence-electron chi connectivity index (χ0n) is 12.5. The Hall–Kier alpha value is -2.63. The van der Waals surface area contributed by atoms with Gasteiger partial charge in [0, 0.05) is 12.7 Å². The van der Waals surface area contributed by atoms with Crippen LogP contribution in [0, 0.1) is 6.92 Å². The Morgan fingerprint density at radius 1 is 1.45 bits per heavy atom. The molecular formula is C16H17N3O3. The number of hydrogen-bond donors (Lipinski definition) is 1. The minimum absolute atomic E-state index is 0.114. The quantitative estimate of drug-likeness (QED) is 0.919. The first-order valence-electron chi connectivity index (χ1n) is 7.09. The van der Waals surface area contributed by atoms with Crippen molar-refractivity contribution in [3.8, 4) is 5.75 Å². The number of hydrogen-bond acceptors (Lipinski definition) is 4. The molecule has 0 aliphatic carbocycles. The second kappa shape index (κ2) is 5.63. The van der Waals surface area contributed by atoms with Crippen LogP contribution in [0.2, 0.25) is 0 Å². The van der Waals surface area contributed by atoms with Gasteiger partial charge in [-0.25, -0.2) is 0 Å². The topological polar surface area (TPSA) is 73.2 Å². The van der Waals surface area contributed by atoms with E-state index < -0.39 is 6.04 Å². The lowest BCUT2D eigenvalue weighted by Crippen LogP contribution is -2.47. The number of para-hydroxylation sites is 1. The van der Waals surface area contributed by atoms with E-state index >= 15 is 0 Å². The maximum Gasteiger partial charge on any atom is 0.226 e. The minimum atomic E-state index is -0.642. The number of Topliss-reactive ketones (excluding diaryl/α,β-unsaturated/α-hetero) is 1. The Morgan fingerprint density at radius 3 is 2.95 bits per heavy atom. The van der Waals surface area contributed by atoms with Gasteiger partial charge in [0.15, 0.2) is 5.78 Å². The van der Waals surface area contributed by atoms with E-state index in [0.717, 1.165) is 11.4 Å². The van der Waals surface area contributed by atoms with E-state index in [-0.39, 0.29) is 24.7 Å². The third kappa shape index (κ3) is 2.72. The molecule has 0 saturated heterocycles. The number of rotatable bonds is 3. The van der Waals surface area contributed by atoms with E-state index in [1.165, 1.54) is 0 Å². The predicted octanol–water partition coefficient (Wildman–Crippen LogP) is 1.03. The molecule has 114 valence electrons. The Labute approximate surface area is 128 Å². The van der Waals surface area contributed by atoms with Crippen LogP contribution in [-0.2, 0) is 18.3 Å². The summed E-state index contributed by atoms with van der Waals surface area (Å²) in [4.78, 5) is 24.5. The molecule has 1 aliphatic heterocycles. The van der Waals surface area contributed by atoms with Crippen molar-refractivity contribution < 1.29 is 14.3 Å². The first-order chi connectivity index (χ1) is 10.5. The van der Waals surface area contributed by atoms with Crippen molar-refractivity contribution >= 4 is 11.7 Å². The van der Waals surface area contributed by atoms with E-state index in [2.05, 4.69) is 10.4 Å². The summed E-state index contributed by atoms with van der Waals surface area (Å²) in [6, 6.07) is 8.27. The van der Waals surface area contributed by atoms with Gasteiger partial charge < -0.3 is 10.1 Å². The van der Waals surface area contributed by atoms with Crippen LogP contribution < -0.4 is 10.1 Å². The third-order valence-electron chi connectivity index (χ3n) is 3.65. The number of ether oxygens (including phenoxy) is 1. The molecule has 6 nitrogen and oxygen atoms in total. The highest BCUT2D eigenvalue weighted by atomic mass is 16.5. The molecule has 1 aromatic heterocycles. The van der Waals surface area contributed by atoms with Gasteiger partial charge in [-0.2, -0.15) is 5.10 Å². The number of benzene rings is 1. The Morgan fingerprint density at radius 2 is 2.23 bits per heavy atom. The molecule has 2 aromatic rings. The molecule has 3 rings (SSSR count). The molecule has 1 aliphatic rings. The largest absolute Gasteiger partial charge is 0.490 e. The van der Waals surface area contributed by atoms with Gasteiger partial charge in [0.25, 0.3) is 0 Å². The second-order valence-corrected chi connectivity index (χ2v) is 5.37. The summed E-state index contributed by atoms with van der Waals surface area (Å²) in [5.74, 6) is 0.237. The Balaban J connectivity index is 1.68. The molecule has 1 N–H and O–H groups in total. The highest BCUT2D eigenvalue weighted by molar-refractivity contribution is 6.05. The van der Waals surface area contributed by atoms with Gasteiger partial charge in [0.1, 0.15) is 18.4 Å². The fourth-order valence-corrected chi connectivity index (χ4v) is 2.58. The predicted molar refractivity (Wildman–Crippen MR) is 79.8 cm³/mol. The van der Waals surface area contributed by atoms with E-state index in [1.54, 1.807) is 29.9 Å². The summed E-state index contributed by atoms with van der Waals surface area (Å²) in [5, 5.41) is 6.94. The van der Waals surface area contributed by atoms with Gasteiger partial charge in [-0.3, -0.25) is 14.3 Å². The number of amides is 1. The molecule has 2 heterocycles. The van der Waals surface area contributed by atoms with E-state index in [0.29, 0.717) is 11.3 Å². The Kier molecular flexibility index (Phi) is 3.66. The summed E-state index contributed by atoms with van der Waals surface area (Å²) in [7, 11) is 1.79. The van der Waals surface area contributed by atoms with Crippen LogP contribution in [0.15, 0.2) is 30.3 Å². The maximum atomic E-state index is 12.4. The summed E-state index contributed by atoms with van der Waals surface area (Å²) in [6.07, 6.45) is 0.183. The van der Waals surface area contributed by atoms with Crippen LogP contribution in [0.4, 0.5) is 0 Å². The number of aromatic nitrogens is 2. The first kappa shape index (κ1) is 14.3. The highest BCUT2D eigenvalue weighted by Gasteiger charge is 2.29. The van der Waals surface area contributed by atoms with Crippen molar-refractivity contribution in [2.75, 3.05) is 6.61 Å². The maximum absolute atomic E-state index is 12.4. The molecule has 0 spiro atoms. The van der Waals surface area contributed by atoms with Crippen molar-refractivity contribution in [2.24, 2.45) is 7.05 Å². The molecule has 0 radical (unpaired) electrons. The van der Waals surface area contributed by atoms with Gasteiger partial charge in [-0.15, -0.1) is 0 Å². The van der Waals surface area contributed by atoms with Crippen molar-refractivity contribution in [1.82, 2.24) is 15.1 Å². The van der Waals surface area contributed by atoms with Crippen LogP contribution in [0.1, 0.15) is 21.7 Å². The molecule has 1 atom stereocenters. The first-order valence-corrected chi connectivity index (χ1v) is 7.09. The molecule has 22 heavy (non-hydrogen) atoms. The average Bonchev–Trinajstić information content (AvgIpc) is 2.80. The van der Waals surface area contributed by atoms with Gasteiger partial charge >= 0.3 is 0 Å². The van der Waals surface area contributed by atoms with Crippen LogP contribution in [-0.4, -0.2) is 34.1 Å². The van der Waals surface area contributed by atoms with Gasteiger partial charge in [-0.05, 0) is 25.1 Å². The molecule has 0 bridgehead atoms. The molecule has 0 saturated carbocycles. The number of nitrogens with zero attached hydrogens (tertiary/aromatic N) is 2. The monoisotopic (exact) mass is 299 g/mol. The average molecular weight is 299 g/mol. The van der Waals surface area contributed by atoms with Crippen LogP contribution in [0.3, 0.4) is 0 Å². The van der Waals surface area contributed by atoms with Crippen LogP contribution >= 0.6 is 0 Å². The number of aryl methyl sites for hydroxylation is 2. The molecule has 6 heteroatoms. The number of carbonyl (C=O) groups excluding carboxylic acids is 2. The molecule has 0 fully saturated rings. The number of ketones is 1. The van der Waals surface area contributed by atoms with Crippen LogP contribution in [0.5, 0.6) is 5.75 Å². The summed E-state index contributed by atoms with van der Waals surface area (Å²) in [5.41, 5.74) is 2.17. The highest BCUT2D eigenvalue weighted by Crippen LogP contribution is 2.24. The molecule has 1 aromatic carbocycles. The molecule has 1 unspecified atom stereocenters. The third-order valence-corrected chi connectivity index (χ3v) is 3.65. The van der Waals surface area contributed by atoms with E-state index in [1.807, 2.05) is 19.1 Å². The zero-order chi connectivity index (χ0) is 15.7.